The number of hydrogen-bond donors (Lipinski definition) is 2. The summed E-state index contributed by atoms with van der Waals surface area (Å²) in [5, 5.41) is 6.31. The molecule has 0 aliphatic rings. The van der Waals surface area contributed by atoms with E-state index in [2.05, 4.69) is 10.6 Å². The lowest BCUT2D eigenvalue weighted by Gasteiger charge is -2.21. The molecular formula is C22H22N2O2. The summed E-state index contributed by atoms with van der Waals surface area (Å²) in [6.45, 7) is 1.98. The van der Waals surface area contributed by atoms with Crippen LogP contribution < -0.4 is 15.4 Å². The molecule has 1 atom stereocenters. The Morgan fingerprint density at radius 2 is 1.58 bits per heavy atom. The molecule has 0 saturated heterocycles. The van der Waals surface area contributed by atoms with Crippen LogP contribution in [0.4, 0.5) is 11.4 Å². The molecule has 0 aliphatic heterocycles. The van der Waals surface area contributed by atoms with Crippen LogP contribution >= 0.6 is 0 Å². The van der Waals surface area contributed by atoms with Crippen molar-refractivity contribution in [1.29, 1.82) is 0 Å². The van der Waals surface area contributed by atoms with Crippen LogP contribution in [0, 0.1) is 6.92 Å². The Labute approximate surface area is 153 Å². The van der Waals surface area contributed by atoms with Gasteiger partial charge < -0.3 is 15.4 Å². The Balaban J connectivity index is 1.89. The average molecular weight is 346 g/mol. The van der Waals surface area contributed by atoms with Gasteiger partial charge in [0.1, 0.15) is 11.8 Å². The number of amides is 1. The molecule has 3 aromatic carbocycles. The summed E-state index contributed by atoms with van der Waals surface area (Å²) in [5.41, 5.74) is 3.48. The zero-order valence-electron chi connectivity index (χ0n) is 14.9. The number of para-hydroxylation sites is 1. The highest BCUT2D eigenvalue weighted by molar-refractivity contribution is 5.98. The molecule has 0 spiro atoms. The number of hydrogen-bond acceptors (Lipinski definition) is 3. The van der Waals surface area contributed by atoms with Gasteiger partial charge >= 0.3 is 0 Å². The minimum Gasteiger partial charge on any atom is -0.495 e. The van der Waals surface area contributed by atoms with E-state index in [-0.39, 0.29) is 5.91 Å². The first-order valence-electron chi connectivity index (χ1n) is 8.49. The Morgan fingerprint density at radius 3 is 2.23 bits per heavy atom. The molecule has 3 rings (SSSR count). The van der Waals surface area contributed by atoms with E-state index < -0.39 is 6.04 Å². The van der Waals surface area contributed by atoms with Gasteiger partial charge in [-0.05, 0) is 42.3 Å². The van der Waals surface area contributed by atoms with Crippen molar-refractivity contribution in [1.82, 2.24) is 0 Å². The molecule has 3 aromatic rings. The number of carbonyl (C=O) groups is 1. The lowest BCUT2D eigenvalue weighted by Crippen LogP contribution is -2.27. The van der Waals surface area contributed by atoms with Gasteiger partial charge in [0.05, 0.1) is 12.8 Å². The Bertz CT molecular complexity index is 864. The van der Waals surface area contributed by atoms with Crippen LogP contribution in [-0.2, 0) is 4.79 Å². The summed E-state index contributed by atoms with van der Waals surface area (Å²) >= 11 is 0. The lowest BCUT2D eigenvalue weighted by molar-refractivity contribution is -0.117. The van der Waals surface area contributed by atoms with Gasteiger partial charge in [-0.15, -0.1) is 0 Å². The first-order chi connectivity index (χ1) is 12.7. The zero-order chi connectivity index (χ0) is 18.4. The third-order valence-corrected chi connectivity index (χ3v) is 4.09. The van der Waals surface area contributed by atoms with Gasteiger partial charge in [-0.25, -0.2) is 0 Å². The molecule has 0 aromatic heterocycles. The van der Waals surface area contributed by atoms with E-state index in [0.717, 1.165) is 16.8 Å². The first kappa shape index (κ1) is 17.5. The molecule has 132 valence electrons. The Kier molecular flexibility index (Phi) is 5.54. The summed E-state index contributed by atoms with van der Waals surface area (Å²) < 4.78 is 5.37. The van der Waals surface area contributed by atoms with Crippen molar-refractivity contribution in [3.63, 3.8) is 0 Å². The highest BCUT2D eigenvalue weighted by Crippen LogP contribution is 2.27. The summed E-state index contributed by atoms with van der Waals surface area (Å²) in [7, 11) is 1.59. The smallest absolute Gasteiger partial charge is 0.251 e. The van der Waals surface area contributed by atoms with Gasteiger partial charge in [-0.3, -0.25) is 4.79 Å². The van der Waals surface area contributed by atoms with Crippen LogP contribution in [0.3, 0.4) is 0 Å². The SMILES string of the molecule is COc1ccc(C)cc1NC(=O)[C@H](Nc1ccccc1)c1ccccc1. The third-order valence-electron chi connectivity index (χ3n) is 4.09. The van der Waals surface area contributed by atoms with Gasteiger partial charge in [0.25, 0.3) is 5.91 Å². The van der Waals surface area contributed by atoms with E-state index in [9.17, 15) is 4.79 Å². The van der Waals surface area contributed by atoms with Crippen LogP contribution in [-0.4, -0.2) is 13.0 Å². The maximum absolute atomic E-state index is 13.1. The number of rotatable bonds is 6. The van der Waals surface area contributed by atoms with Crippen LogP contribution in [0.5, 0.6) is 5.75 Å². The van der Waals surface area contributed by atoms with Gasteiger partial charge in [0.2, 0.25) is 0 Å². The monoisotopic (exact) mass is 346 g/mol. The first-order valence-corrected chi connectivity index (χ1v) is 8.49. The molecule has 26 heavy (non-hydrogen) atoms. The number of nitrogens with one attached hydrogen (secondary N) is 2. The van der Waals surface area contributed by atoms with Gasteiger partial charge in [-0.2, -0.15) is 0 Å². The molecule has 1 amide bonds. The molecule has 0 saturated carbocycles. The fourth-order valence-electron chi connectivity index (χ4n) is 2.77. The molecule has 0 bridgehead atoms. The number of carbonyl (C=O) groups excluding carboxylic acids is 1. The summed E-state index contributed by atoms with van der Waals surface area (Å²) in [6.07, 6.45) is 0. The van der Waals surface area contributed by atoms with Crippen molar-refractivity contribution >= 4 is 17.3 Å². The van der Waals surface area contributed by atoms with E-state index in [1.54, 1.807) is 7.11 Å². The van der Waals surface area contributed by atoms with Crippen LogP contribution in [0.15, 0.2) is 78.9 Å². The number of ether oxygens (including phenoxy) is 1. The maximum atomic E-state index is 13.1. The quantitative estimate of drug-likeness (QED) is 0.674. The van der Waals surface area contributed by atoms with Crippen molar-refractivity contribution in [2.24, 2.45) is 0 Å². The standard InChI is InChI=1S/C22H22N2O2/c1-16-13-14-20(26-2)19(15-16)24-22(25)21(17-9-5-3-6-10-17)23-18-11-7-4-8-12-18/h3-15,21,23H,1-2H3,(H,24,25)/t21-/m1/s1. The van der Waals surface area contributed by atoms with E-state index in [4.69, 9.17) is 4.74 Å². The molecule has 4 heteroatoms. The van der Waals surface area contributed by atoms with E-state index >= 15 is 0 Å². The number of methoxy groups -OCH3 is 1. The maximum Gasteiger partial charge on any atom is 0.251 e. The minimum absolute atomic E-state index is 0.149. The summed E-state index contributed by atoms with van der Waals surface area (Å²) in [5.74, 6) is 0.486. The second kappa shape index (κ2) is 8.21. The highest BCUT2D eigenvalue weighted by atomic mass is 16.5. The molecular weight excluding hydrogens is 324 g/mol. The molecule has 0 aliphatic carbocycles. The van der Waals surface area contributed by atoms with Gasteiger partial charge in [0.15, 0.2) is 0 Å². The summed E-state index contributed by atoms with van der Waals surface area (Å²) in [4.78, 5) is 13.1. The number of anilines is 2. The average Bonchev–Trinajstić information content (AvgIpc) is 2.68. The normalized spacial score (nSPS) is 11.5. The Hall–Kier alpha value is -3.27. The highest BCUT2D eigenvalue weighted by Gasteiger charge is 2.21. The van der Waals surface area contributed by atoms with Crippen LogP contribution in [0.1, 0.15) is 17.2 Å². The van der Waals surface area contributed by atoms with Crippen molar-refractivity contribution < 1.29 is 9.53 Å². The summed E-state index contributed by atoms with van der Waals surface area (Å²) in [6, 6.07) is 24.5. The van der Waals surface area contributed by atoms with Crippen molar-refractivity contribution in [2.75, 3.05) is 17.7 Å². The van der Waals surface area contributed by atoms with E-state index in [1.165, 1.54) is 0 Å². The third kappa shape index (κ3) is 4.22. The Morgan fingerprint density at radius 1 is 0.923 bits per heavy atom. The topological polar surface area (TPSA) is 50.4 Å². The lowest BCUT2D eigenvalue weighted by atomic mass is 10.1. The van der Waals surface area contributed by atoms with Crippen LogP contribution in [0.2, 0.25) is 0 Å². The molecule has 0 radical (unpaired) electrons. The van der Waals surface area contributed by atoms with E-state index in [1.807, 2.05) is 85.8 Å². The fraction of sp³-hybridized carbons (Fsp3) is 0.136. The minimum atomic E-state index is -0.524. The second-order valence-corrected chi connectivity index (χ2v) is 6.05. The zero-order valence-corrected chi connectivity index (χ0v) is 14.9. The predicted molar refractivity (Wildman–Crippen MR) is 106 cm³/mol. The predicted octanol–water partition coefficient (Wildman–Crippen LogP) is 4.80. The molecule has 4 nitrogen and oxygen atoms in total. The van der Waals surface area contributed by atoms with Crippen molar-refractivity contribution in [3.8, 4) is 5.75 Å². The fourth-order valence-corrected chi connectivity index (χ4v) is 2.77. The number of aryl methyl sites for hydroxylation is 1. The second-order valence-electron chi connectivity index (χ2n) is 6.05. The van der Waals surface area contributed by atoms with Gasteiger partial charge in [0, 0.05) is 5.69 Å². The van der Waals surface area contributed by atoms with Crippen LogP contribution in [0.25, 0.3) is 0 Å². The van der Waals surface area contributed by atoms with Crippen molar-refractivity contribution in [3.05, 3.63) is 90.0 Å². The molecule has 0 heterocycles. The van der Waals surface area contributed by atoms with E-state index in [0.29, 0.717) is 11.4 Å². The molecule has 2 N–H and O–H groups in total. The molecule has 0 unspecified atom stereocenters. The van der Waals surface area contributed by atoms with Gasteiger partial charge in [-0.1, -0.05) is 54.6 Å². The van der Waals surface area contributed by atoms with Crippen molar-refractivity contribution in [2.45, 2.75) is 13.0 Å². The number of benzene rings is 3. The molecule has 0 fully saturated rings. The largest absolute Gasteiger partial charge is 0.495 e.